The van der Waals surface area contributed by atoms with Crippen LogP contribution < -0.4 is 10.9 Å². The Kier molecular flexibility index (Phi) is 3.88. The maximum atomic E-state index is 13.7. The van der Waals surface area contributed by atoms with E-state index in [0.29, 0.717) is 17.7 Å². The summed E-state index contributed by atoms with van der Waals surface area (Å²) in [5.74, 6) is -0.309. The molecule has 0 spiro atoms. The van der Waals surface area contributed by atoms with Gasteiger partial charge in [-0.15, -0.1) is 0 Å². The van der Waals surface area contributed by atoms with Crippen LogP contribution in [0.1, 0.15) is 30.1 Å². The van der Waals surface area contributed by atoms with Crippen molar-refractivity contribution in [2.24, 2.45) is 0 Å². The first-order valence-electron chi connectivity index (χ1n) is 6.97. The van der Waals surface area contributed by atoms with Gasteiger partial charge in [0, 0.05) is 24.1 Å². The van der Waals surface area contributed by atoms with Gasteiger partial charge in [0.25, 0.3) is 5.56 Å². The highest BCUT2D eigenvalue weighted by atomic mass is 19.1. The first-order chi connectivity index (χ1) is 10.1. The fraction of sp³-hybridized carbons (Fsp3) is 0.400. The third-order valence-corrected chi connectivity index (χ3v) is 3.92. The molecule has 1 saturated heterocycles. The molecule has 0 aliphatic carbocycles. The van der Waals surface area contributed by atoms with E-state index in [1.54, 1.807) is 0 Å². The summed E-state index contributed by atoms with van der Waals surface area (Å²) in [6.07, 6.45) is 2.10. The van der Waals surface area contributed by atoms with Crippen molar-refractivity contribution >= 4 is 0 Å². The lowest BCUT2D eigenvalue weighted by atomic mass is 9.87. The Bertz CT molecular complexity index is 680. The molecule has 1 aliphatic heterocycles. The number of halogens is 2. The normalized spacial score (nSPS) is 22.4. The molecular formula is C15H16F2N2O2. The number of H-pyrrole nitrogens is 1. The highest BCUT2D eigenvalue weighted by Crippen LogP contribution is 2.28. The fourth-order valence-corrected chi connectivity index (χ4v) is 2.87. The number of benzene rings is 1. The van der Waals surface area contributed by atoms with Crippen molar-refractivity contribution in [3.05, 3.63) is 57.6 Å². The zero-order valence-corrected chi connectivity index (χ0v) is 11.4. The Morgan fingerprint density at radius 2 is 2.14 bits per heavy atom. The first kappa shape index (κ1) is 14.0. The lowest BCUT2D eigenvalue weighted by molar-refractivity contribution is 0.291. The van der Waals surface area contributed by atoms with Crippen LogP contribution >= 0.6 is 0 Å². The minimum absolute atomic E-state index is 0.0731. The van der Waals surface area contributed by atoms with Gasteiger partial charge in [0.15, 0.2) is 0 Å². The summed E-state index contributed by atoms with van der Waals surface area (Å²) in [5, 5.41) is 5.62. The SMILES string of the molecule is O=c1cc(C2CCNC(Cc3ccc(F)cc3F)C2)o[nH]1. The van der Waals surface area contributed by atoms with E-state index in [1.807, 2.05) is 0 Å². The van der Waals surface area contributed by atoms with Crippen molar-refractivity contribution in [1.82, 2.24) is 10.5 Å². The second kappa shape index (κ2) is 5.81. The monoisotopic (exact) mass is 294 g/mol. The van der Waals surface area contributed by atoms with Crippen molar-refractivity contribution < 1.29 is 13.3 Å². The van der Waals surface area contributed by atoms with Crippen molar-refractivity contribution in [3.8, 4) is 0 Å². The van der Waals surface area contributed by atoms with E-state index in [1.165, 1.54) is 18.2 Å². The summed E-state index contributed by atoms with van der Waals surface area (Å²) in [4.78, 5) is 11.1. The largest absolute Gasteiger partial charge is 0.383 e. The van der Waals surface area contributed by atoms with E-state index < -0.39 is 11.6 Å². The first-order valence-corrected chi connectivity index (χ1v) is 6.97. The van der Waals surface area contributed by atoms with Gasteiger partial charge in [-0.25, -0.2) is 8.78 Å². The Morgan fingerprint density at radius 1 is 1.29 bits per heavy atom. The fourth-order valence-electron chi connectivity index (χ4n) is 2.87. The Labute approximate surface area is 120 Å². The van der Waals surface area contributed by atoms with E-state index in [4.69, 9.17) is 4.52 Å². The van der Waals surface area contributed by atoms with Crippen LogP contribution in [0.15, 0.2) is 33.6 Å². The molecule has 2 heterocycles. The number of aromatic amines is 1. The van der Waals surface area contributed by atoms with Crippen LogP contribution in [0.4, 0.5) is 8.78 Å². The summed E-state index contributed by atoms with van der Waals surface area (Å²) >= 11 is 0. The van der Waals surface area contributed by atoms with Crippen LogP contribution in [0.3, 0.4) is 0 Å². The molecule has 21 heavy (non-hydrogen) atoms. The molecule has 2 unspecified atom stereocenters. The standard InChI is InChI=1S/C15H16F2N2O2/c16-11-2-1-9(13(17)7-11)5-12-6-10(3-4-18-12)14-8-15(20)19-21-14/h1-2,7-8,10,12,18H,3-6H2,(H,19,20). The molecular weight excluding hydrogens is 278 g/mol. The van der Waals surface area contributed by atoms with Gasteiger partial charge in [-0.3, -0.25) is 4.79 Å². The molecule has 0 bridgehead atoms. The van der Waals surface area contributed by atoms with E-state index in [9.17, 15) is 13.6 Å². The molecule has 4 nitrogen and oxygen atoms in total. The van der Waals surface area contributed by atoms with Crippen LogP contribution in [0.25, 0.3) is 0 Å². The zero-order valence-electron chi connectivity index (χ0n) is 11.4. The number of aromatic nitrogens is 1. The Hall–Kier alpha value is -1.95. The molecule has 0 saturated carbocycles. The van der Waals surface area contributed by atoms with Crippen LogP contribution in [-0.2, 0) is 6.42 Å². The maximum Gasteiger partial charge on any atom is 0.280 e. The molecule has 2 aromatic rings. The Balaban J connectivity index is 1.70. The summed E-state index contributed by atoms with van der Waals surface area (Å²) in [5.41, 5.74) is 0.245. The van der Waals surface area contributed by atoms with Gasteiger partial charge in [-0.05, 0) is 37.4 Å². The molecule has 0 amide bonds. The minimum Gasteiger partial charge on any atom is -0.383 e. The van der Waals surface area contributed by atoms with E-state index in [2.05, 4.69) is 10.5 Å². The van der Waals surface area contributed by atoms with E-state index in [-0.39, 0.29) is 17.5 Å². The number of piperidine rings is 1. The second-order valence-corrected chi connectivity index (χ2v) is 5.43. The molecule has 3 rings (SSSR count). The lowest BCUT2D eigenvalue weighted by Crippen LogP contribution is -2.38. The smallest absolute Gasteiger partial charge is 0.280 e. The molecule has 1 fully saturated rings. The molecule has 1 aromatic carbocycles. The summed E-state index contributed by atoms with van der Waals surface area (Å²) in [6.45, 7) is 0.771. The average molecular weight is 294 g/mol. The lowest BCUT2D eigenvalue weighted by Gasteiger charge is -2.29. The van der Waals surface area contributed by atoms with Crippen LogP contribution in [0.2, 0.25) is 0 Å². The van der Waals surface area contributed by atoms with Gasteiger partial charge in [0.05, 0.1) is 0 Å². The van der Waals surface area contributed by atoms with E-state index in [0.717, 1.165) is 25.5 Å². The molecule has 2 N–H and O–H groups in total. The second-order valence-electron chi connectivity index (χ2n) is 5.43. The van der Waals surface area contributed by atoms with Gasteiger partial charge in [0.1, 0.15) is 17.4 Å². The zero-order chi connectivity index (χ0) is 14.8. The van der Waals surface area contributed by atoms with Gasteiger partial charge in [0.2, 0.25) is 0 Å². The maximum absolute atomic E-state index is 13.7. The molecule has 1 aliphatic rings. The molecule has 112 valence electrons. The summed E-state index contributed by atoms with van der Waals surface area (Å²) in [6, 6.07) is 5.19. The van der Waals surface area contributed by atoms with Crippen molar-refractivity contribution in [2.75, 3.05) is 6.54 Å². The van der Waals surface area contributed by atoms with Gasteiger partial charge < -0.3 is 9.84 Å². The number of hydrogen-bond acceptors (Lipinski definition) is 3. The molecule has 1 aromatic heterocycles. The van der Waals surface area contributed by atoms with Gasteiger partial charge in [-0.2, -0.15) is 5.16 Å². The van der Waals surface area contributed by atoms with Gasteiger partial charge in [-0.1, -0.05) is 6.07 Å². The van der Waals surface area contributed by atoms with Gasteiger partial charge >= 0.3 is 0 Å². The molecule has 2 atom stereocenters. The third kappa shape index (κ3) is 3.21. The predicted octanol–water partition coefficient (Wildman–Crippen LogP) is 2.32. The van der Waals surface area contributed by atoms with Crippen molar-refractivity contribution in [2.45, 2.75) is 31.2 Å². The van der Waals surface area contributed by atoms with Crippen molar-refractivity contribution in [1.29, 1.82) is 0 Å². The molecule has 0 radical (unpaired) electrons. The number of nitrogens with one attached hydrogen (secondary N) is 2. The van der Waals surface area contributed by atoms with Crippen molar-refractivity contribution in [3.63, 3.8) is 0 Å². The average Bonchev–Trinajstić information content (AvgIpc) is 2.89. The third-order valence-electron chi connectivity index (χ3n) is 3.92. The van der Waals surface area contributed by atoms with Crippen LogP contribution in [-0.4, -0.2) is 17.7 Å². The minimum atomic E-state index is -0.570. The van der Waals surface area contributed by atoms with Crippen LogP contribution in [0.5, 0.6) is 0 Å². The highest BCUT2D eigenvalue weighted by molar-refractivity contribution is 5.20. The highest BCUT2D eigenvalue weighted by Gasteiger charge is 2.26. The predicted molar refractivity (Wildman–Crippen MR) is 73.2 cm³/mol. The van der Waals surface area contributed by atoms with E-state index >= 15 is 0 Å². The number of rotatable bonds is 3. The Morgan fingerprint density at radius 3 is 2.86 bits per heavy atom. The topological polar surface area (TPSA) is 58.0 Å². The summed E-state index contributed by atoms with van der Waals surface area (Å²) in [7, 11) is 0. The molecule has 6 heteroatoms. The van der Waals surface area contributed by atoms with Crippen LogP contribution in [0, 0.1) is 11.6 Å². The summed E-state index contributed by atoms with van der Waals surface area (Å²) < 4.78 is 31.8. The quantitative estimate of drug-likeness (QED) is 0.913. The number of hydrogen-bond donors (Lipinski definition) is 2.